The number of carbonyl (C=O) groups excluding carboxylic acids is 2. The van der Waals surface area contributed by atoms with Gasteiger partial charge < -0.3 is 9.47 Å². The van der Waals surface area contributed by atoms with Gasteiger partial charge in [0, 0.05) is 6.42 Å². The van der Waals surface area contributed by atoms with Gasteiger partial charge in [-0.15, -0.1) is 4.52 Å². The highest BCUT2D eigenvalue weighted by molar-refractivity contribution is 6.43. The highest BCUT2D eigenvalue weighted by Crippen LogP contribution is 2.32. The number of rotatable bonds is 6. The maximum absolute atomic E-state index is 12.7. The molecule has 1 aromatic carbocycles. The Morgan fingerprint density at radius 2 is 1.68 bits per heavy atom. The minimum atomic E-state index is -0.472. The van der Waals surface area contributed by atoms with E-state index in [0.717, 1.165) is 22.5 Å². The summed E-state index contributed by atoms with van der Waals surface area (Å²) < 4.78 is 12.3. The van der Waals surface area contributed by atoms with Crippen molar-refractivity contribution < 1.29 is 23.6 Å². The van der Waals surface area contributed by atoms with E-state index in [1.54, 1.807) is 23.2 Å². The summed E-state index contributed by atoms with van der Waals surface area (Å²) in [6.45, 7) is 6.16. The topological polar surface area (TPSA) is 90.1 Å². The summed E-state index contributed by atoms with van der Waals surface area (Å²) in [4.78, 5) is 26.9. The van der Waals surface area contributed by atoms with E-state index in [4.69, 9.17) is 14.6 Å². The van der Waals surface area contributed by atoms with Crippen LogP contribution in [0.25, 0.3) is 11.2 Å². The van der Waals surface area contributed by atoms with E-state index in [1.807, 2.05) is 71.9 Å². The molecule has 0 saturated heterocycles. The van der Waals surface area contributed by atoms with E-state index in [9.17, 15) is 9.59 Å². The summed E-state index contributed by atoms with van der Waals surface area (Å²) in [6.07, 6.45) is 10.3. The van der Waals surface area contributed by atoms with Gasteiger partial charge in [-0.3, -0.25) is 5.01 Å². The van der Waals surface area contributed by atoms with Gasteiger partial charge in [-0.1, -0.05) is 30.4 Å². The molecule has 1 atom stereocenters. The number of pyridine rings is 1. The summed E-state index contributed by atoms with van der Waals surface area (Å²) in [5.74, 6) is -0.907. The van der Waals surface area contributed by atoms with Crippen LogP contribution in [0.5, 0.6) is 0 Å². The maximum atomic E-state index is 12.7. The monoisotopic (exact) mass is 498 g/mol. The second kappa shape index (κ2) is 10.2. The fourth-order valence-electron chi connectivity index (χ4n) is 4.48. The summed E-state index contributed by atoms with van der Waals surface area (Å²) in [5.41, 5.74) is 4.76. The Morgan fingerprint density at radius 3 is 2.43 bits per heavy atom. The van der Waals surface area contributed by atoms with E-state index in [1.165, 1.54) is 0 Å². The van der Waals surface area contributed by atoms with Crippen LogP contribution in [0.4, 0.5) is 5.69 Å². The van der Waals surface area contributed by atoms with E-state index in [-0.39, 0.29) is 24.9 Å². The lowest BCUT2D eigenvalue weighted by atomic mass is 9.92. The minimum absolute atomic E-state index is 0.0458. The molecule has 1 aliphatic carbocycles. The van der Waals surface area contributed by atoms with Crippen LogP contribution in [0, 0.1) is 0 Å². The molecule has 37 heavy (non-hydrogen) atoms. The molecule has 0 radical (unpaired) electrons. The van der Waals surface area contributed by atoms with Gasteiger partial charge in [0.25, 0.3) is 0 Å². The smallest absolute Gasteiger partial charge is 0.390 e. The molecule has 2 bridgehead atoms. The van der Waals surface area contributed by atoms with Crippen molar-refractivity contribution in [1.29, 1.82) is 0 Å². The molecule has 5 rings (SSSR count). The van der Waals surface area contributed by atoms with Crippen molar-refractivity contribution in [2.45, 2.75) is 33.2 Å². The van der Waals surface area contributed by atoms with Gasteiger partial charge in [-0.25, -0.2) is 9.59 Å². The largest absolute Gasteiger partial charge is 0.461 e. The van der Waals surface area contributed by atoms with E-state index < -0.39 is 11.9 Å². The number of hydrazone groups is 1. The number of hydrogen-bond donors (Lipinski definition) is 0. The molecule has 3 heterocycles. The number of hydrogen-bond acceptors (Lipinski definition) is 7. The lowest BCUT2D eigenvalue weighted by Gasteiger charge is -2.35. The average molecular weight is 499 g/mol. The van der Waals surface area contributed by atoms with Crippen LogP contribution in [-0.2, 0) is 14.3 Å². The first-order chi connectivity index (χ1) is 18.0. The zero-order chi connectivity index (χ0) is 25.9. The van der Waals surface area contributed by atoms with Crippen LogP contribution in [-0.4, -0.2) is 46.8 Å². The van der Waals surface area contributed by atoms with Crippen LogP contribution in [0.3, 0.4) is 0 Å². The molecular formula is C28H28N5O4+. The Bertz CT molecular complexity index is 1480. The van der Waals surface area contributed by atoms with Gasteiger partial charge in [0.1, 0.15) is 11.9 Å². The Kier molecular flexibility index (Phi) is 6.68. The maximum Gasteiger partial charge on any atom is 0.390 e. The summed E-state index contributed by atoms with van der Waals surface area (Å²) in [7, 11) is 0. The third kappa shape index (κ3) is 4.55. The zero-order valence-electron chi connectivity index (χ0n) is 21.0. The number of anilines is 1. The van der Waals surface area contributed by atoms with Crippen LogP contribution in [0.1, 0.15) is 37.7 Å². The first-order valence-corrected chi connectivity index (χ1v) is 12.3. The Labute approximate surface area is 214 Å². The predicted octanol–water partition coefficient (Wildman–Crippen LogP) is 3.73. The standard InChI is InChI=1S/C28H28N5O4/c1-4-36-27(34)25-20-11-7-6-10-19(3)24(18-20)32(29-25)21-13-15-22(16-14-21)33-30-26(28(35)37-5-2)23-12-8-9-17-31(23)33/h6-17,24H,4-5,18H2,1-3H3/q+1. The quantitative estimate of drug-likeness (QED) is 0.380. The van der Waals surface area contributed by atoms with Crippen molar-refractivity contribution in [3.8, 4) is 5.69 Å². The normalized spacial score (nSPS) is 16.9. The van der Waals surface area contributed by atoms with Gasteiger partial charge >= 0.3 is 17.6 Å². The van der Waals surface area contributed by atoms with Crippen LogP contribution in [0.2, 0.25) is 0 Å². The van der Waals surface area contributed by atoms with Crippen molar-refractivity contribution in [2.75, 3.05) is 18.2 Å². The third-order valence-corrected chi connectivity index (χ3v) is 6.28. The van der Waals surface area contributed by atoms with Crippen molar-refractivity contribution in [1.82, 2.24) is 9.90 Å². The Morgan fingerprint density at radius 1 is 0.973 bits per heavy atom. The zero-order valence-corrected chi connectivity index (χ0v) is 21.0. The lowest BCUT2D eigenvalue weighted by Crippen LogP contribution is -2.41. The number of carbonyl (C=O) groups is 2. The molecule has 188 valence electrons. The number of aromatic nitrogens is 3. The van der Waals surface area contributed by atoms with Crippen molar-refractivity contribution in [3.05, 3.63) is 89.8 Å². The molecule has 2 aromatic heterocycles. The predicted molar refractivity (Wildman–Crippen MR) is 139 cm³/mol. The SMILES string of the molecule is CCOC(=O)C1=NN(c2ccc(-n3nc(C(=O)OCC)c4cccc[n+]43)cc2)C2CC1=CC=CC=C2C. The molecule has 0 fully saturated rings. The molecule has 0 spiro atoms. The van der Waals surface area contributed by atoms with E-state index in [0.29, 0.717) is 17.6 Å². The van der Waals surface area contributed by atoms with Gasteiger partial charge in [-0.2, -0.15) is 5.10 Å². The van der Waals surface area contributed by atoms with Crippen LogP contribution >= 0.6 is 0 Å². The van der Waals surface area contributed by atoms with Gasteiger partial charge in [0.15, 0.2) is 5.71 Å². The van der Waals surface area contributed by atoms with Crippen molar-refractivity contribution in [3.63, 3.8) is 0 Å². The highest BCUT2D eigenvalue weighted by Gasteiger charge is 2.33. The fraction of sp³-hybridized carbons (Fsp3) is 0.250. The molecule has 0 N–H and O–H groups in total. The summed E-state index contributed by atoms with van der Waals surface area (Å²) in [5, 5.41) is 11.2. The second-order valence-corrected chi connectivity index (χ2v) is 8.63. The molecule has 1 aliphatic heterocycles. The fourth-order valence-corrected chi connectivity index (χ4v) is 4.48. The summed E-state index contributed by atoms with van der Waals surface area (Å²) in [6, 6.07) is 13.2. The first-order valence-electron chi connectivity index (χ1n) is 12.3. The lowest BCUT2D eigenvalue weighted by molar-refractivity contribution is -0.603. The van der Waals surface area contributed by atoms with Gasteiger partial charge in [-0.05, 0) is 73.1 Å². The average Bonchev–Trinajstić information content (AvgIpc) is 3.30. The second-order valence-electron chi connectivity index (χ2n) is 8.63. The number of benzene rings is 1. The van der Waals surface area contributed by atoms with Gasteiger partial charge in [0.2, 0.25) is 5.52 Å². The molecule has 0 saturated carbocycles. The van der Waals surface area contributed by atoms with E-state index in [2.05, 4.69) is 18.1 Å². The van der Waals surface area contributed by atoms with Gasteiger partial charge in [0.05, 0.1) is 30.0 Å². The minimum Gasteiger partial charge on any atom is -0.461 e. The molecule has 9 nitrogen and oxygen atoms in total. The third-order valence-electron chi connectivity index (χ3n) is 6.28. The van der Waals surface area contributed by atoms with Crippen LogP contribution in [0.15, 0.2) is 89.2 Å². The Balaban J connectivity index is 1.55. The number of nitrogens with zero attached hydrogens (tertiary/aromatic N) is 5. The molecule has 0 amide bonds. The summed E-state index contributed by atoms with van der Waals surface area (Å²) >= 11 is 0. The number of ether oxygens (including phenoxy) is 2. The molecular weight excluding hydrogens is 470 g/mol. The van der Waals surface area contributed by atoms with Crippen molar-refractivity contribution >= 4 is 28.9 Å². The molecule has 2 aliphatic rings. The molecule has 1 unspecified atom stereocenters. The number of fused-ring (bicyclic) bond motifs is 3. The van der Waals surface area contributed by atoms with E-state index >= 15 is 0 Å². The molecule has 3 aromatic rings. The number of allylic oxidation sites excluding steroid dienone is 4. The highest BCUT2D eigenvalue weighted by atomic mass is 16.5. The Hall–Kier alpha value is -4.53. The van der Waals surface area contributed by atoms with Crippen LogP contribution < -0.4 is 9.52 Å². The number of esters is 2. The van der Waals surface area contributed by atoms with Crippen molar-refractivity contribution in [2.24, 2.45) is 5.10 Å². The molecule has 9 heteroatoms. The first kappa shape index (κ1) is 24.2.